The van der Waals surface area contributed by atoms with E-state index in [0.29, 0.717) is 5.58 Å². The van der Waals surface area contributed by atoms with Crippen LogP contribution in [0.2, 0.25) is 0 Å². The summed E-state index contributed by atoms with van der Waals surface area (Å²) in [6.45, 7) is 0. The van der Waals surface area contributed by atoms with Crippen LogP contribution in [-0.2, 0) is 0 Å². The van der Waals surface area contributed by atoms with E-state index in [9.17, 15) is 4.79 Å². The van der Waals surface area contributed by atoms with Crippen molar-refractivity contribution in [2.24, 2.45) is 0 Å². The number of para-hydroxylation sites is 1. The van der Waals surface area contributed by atoms with E-state index in [0.717, 1.165) is 5.39 Å². The largest absolute Gasteiger partial charge is 0.423 e. The Bertz CT molecular complexity index is 579. The smallest absolute Gasteiger partial charge is 0.336 e. The summed E-state index contributed by atoms with van der Waals surface area (Å²) in [5.41, 5.74) is 0.337. The molecular formula is C13H10O2S. The lowest BCUT2D eigenvalue weighted by molar-refractivity contribution is 0.561. The Hall–Kier alpha value is -1.87. The minimum Gasteiger partial charge on any atom is -0.423 e. The van der Waals surface area contributed by atoms with Crippen molar-refractivity contribution in [1.29, 1.82) is 0 Å². The van der Waals surface area contributed by atoms with Crippen LogP contribution < -0.4 is 5.63 Å². The van der Waals surface area contributed by atoms with Crippen molar-refractivity contribution >= 4 is 22.3 Å². The maximum Gasteiger partial charge on any atom is 0.336 e. The number of hydrogen-bond donors (Lipinski definition) is 0. The maximum absolute atomic E-state index is 10.7. The first-order chi connectivity index (χ1) is 7.86. The molecule has 3 aromatic rings. The van der Waals surface area contributed by atoms with E-state index in [1.807, 2.05) is 41.1 Å². The monoisotopic (exact) mass is 230 g/mol. The van der Waals surface area contributed by atoms with Gasteiger partial charge in [-0.2, -0.15) is 11.3 Å². The first kappa shape index (κ1) is 10.6. The second kappa shape index (κ2) is 5.28. The standard InChI is InChI=1S/C9H6O2.C4H4S/c10-9-6-5-7-3-1-2-4-8(7)11-9;1-2-4-5-3-1/h1-6H;1-4H. The molecule has 0 unspecified atom stereocenters. The van der Waals surface area contributed by atoms with Crippen molar-refractivity contribution in [3.63, 3.8) is 0 Å². The molecule has 3 heteroatoms. The van der Waals surface area contributed by atoms with Crippen LogP contribution in [0.5, 0.6) is 0 Å². The summed E-state index contributed by atoms with van der Waals surface area (Å²) < 4.78 is 4.91. The Morgan fingerprint density at radius 2 is 1.62 bits per heavy atom. The van der Waals surface area contributed by atoms with Crippen LogP contribution in [0.4, 0.5) is 0 Å². The summed E-state index contributed by atoms with van der Waals surface area (Å²) in [6, 6.07) is 14.6. The highest BCUT2D eigenvalue weighted by molar-refractivity contribution is 7.07. The minimum absolute atomic E-state index is 0.302. The third-order valence-electron chi connectivity index (χ3n) is 1.95. The molecule has 0 saturated carbocycles. The average molecular weight is 230 g/mol. The molecule has 80 valence electrons. The lowest BCUT2D eigenvalue weighted by Crippen LogP contribution is -1.93. The van der Waals surface area contributed by atoms with Gasteiger partial charge in [0.2, 0.25) is 0 Å². The molecule has 0 saturated heterocycles. The van der Waals surface area contributed by atoms with E-state index in [-0.39, 0.29) is 5.63 Å². The lowest BCUT2D eigenvalue weighted by Gasteiger charge is -1.91. The van der Waals surface area contributed by atoms with Crippen LogP contribution in [0.15, 0.2) is 68.5 Å². The SMILES string of the molecule is O=c1ccc2ccccc2o1.c1ccsc1. The van der Waals surface area contributed by atoms with Crippen molar-refractivity contribution in [3.8, 4) is 0 Å². The van der Waals surface area contributed by atoms with E-state index in [2.05, 4.69) is 0 Å². The summed E-state index contributed by atoms with van der Waals surface area (Å²) in [5, 5.41) is 5.03. The van der Waals surface area contributed by atoms with Gasteiger partial charge in [-0.15, -0.1) is 0 Å². The molecule has 2 aromatic heterocycles. The van der Waals surface area contributed by atoms with Gasteiger partial charge in [-0.3, -0.25) is 0 Å². The molecule has 0 radical (unpaired) electrons. The van der Waals surface area contributed by atoms with Crippen LogP contribution in [0.25, 0.3) is 11.0 Å². The van der Waals surface area contributed by atoms with Gasteiger partial charge in [0.15, 0.2) is 0 Å². The molecule has 0 fully saturated rings. The fourth-order valence-electron chi connectivity index (χ4n) is 1.24. The molecule has 0 spiro atoms. The number of fused-ring (bicyclic) bond motifs is 1. The minimum atomic E-state index is -0.302. The third kappa shape index (κ3) is 2.81. The quantitative estimate of drug-likeness (QED) is 0.553. The van der Waals surface area contributed by atoms with E-state index in [1.165, 1.54) is 6.07 Å². The van der Waals surface area contributed by atoms with Gasteiger partial charge in [0.25, 0.3) is 0 Å². The summed E-state index contributed by atoms with van der Waals surface area (Å²) >= 11 is 1.71. The van der Waals surface area contributed by atoms with Crippen molar-refractivity contribution in [2.75, 3.05) is 0 Å². The van der Waals surface area contributed by atoms with Crippen molar-refractivity contribution in [3.05, 3.63) is 69.7 Å². The lowest BCUT2D eigenvalue weighted by atomic mass is 10.2. The highest BCUT2D eigenvalue weighted by Gasteiger charge is 1.92. The zero-order chi connectivity index (χ0) is 11.2. The summed E-state index contributed by atoms with van der Waals surface area (Å²) in [4.78, 5) is 10.7. The highest BCUT2D eigenvalue weighted by atomic mass is 32.1. The summed E-state index contributed by atoms with van der Waals surface area (Å²) in [7, 11) is 0. The Labute approximate surface area is 96.8 Å². The van der Waals surface area contributed by atoms with Gasteiger partial charge in [0.05, 0.1) is 0 Å². The molecule has 3 rings (SSSR count). The Morgan fingerprint density at radius 3 is 2.31 bits per heavy atom. The molecule has 1 aromatic carbocycles. The first-order valence-corrected chi connectivity index (χ1v) is 5.76. The first-order valence-electron chi connectivity index (χ1n) is 4.82. The molecule has 0 bridgehead atoms. The Morgan fingerprint density at radius 1 is 0.875 bits per heavy atom. The second-order valence-corrected chi connectivity index (χ2v) is 3.90. The van der Waals surface area contributed by atoms with Gasteiger partial charge in [-0.1, -0.05) is 30.3 Å². The second-order valence-electron chi connectivity index (χ2n) is 3.09. The topological polar surface area (TPSA) is 30.2 Å². The maximum atomic E-state index is 10.7. The van der Waals surface area contributed by atoms with Crippen molar-refractivity contribution in [2.45, 2.75) is 0 Å². The highest BCUT2D eigenvalue weighted by Crippen LogP contribution is 2.08. The normalized spacial score (nSPS) is 9.50. The fraction of sp³-hybridized carbons (Fsp3) is 0. The van der Waals surface area contributed by atoms with Crippen LogP contribution in [0, 0.1) is 0 Å². The molecule has 0 atom stereocenters. The van der Waals surface area contributed by atoms with E-state index in [1.54, 1.807) is 23.5 Å². The molecule has 2 heterocycles. The van der Waals surface area contributed by atoms with Gasteiger partial charge in [-0.05, 0) is 22.9 Å². The zero-order valence-electron chi connectivity index (χ0n) is 8.50. The molecule has 0 aliphatic carbocycles. The predicted molar refractivity (Wildman–Crippen MR) is 66.8 cm³/mol. The fourth-order valence-corrected chi connectivity index (χ4v) is 1.69. The molecule has 2 nitrogen and oxygen atoms in total. The van der Waals surface area contributed by atoms with Crippen LogP contribution in [0.3, 0.4) is 0 Å². The number of benzene rings is 1. The van der Waals surface area contributed by atoms with Gasteiger partial charge in [0, 0.05) is 11.5 Å². The molecule has 0 aliphatic heterocycles. The van der Waals surface area contributed by atoms with E-state index >= 15 is 0 Å². The third-order valence-corrected chi connectivity index (χ3v) is 2.58. The Balaban J connectivity index is 0.000000162. The van der Waals surface area contributed by atoms with Gasteiger partial charge in [-0.25, -0.2) is 4.79 Å². The van der Waals surface area contributed by atoms with Gasteiger partial charge in [0.1, 0.15) is 5.58 Å². The van der Waals surface area contributed by atoms with Crippen LogP contribution in [0.1, 0.15) is 0 Å². The van der Waals surface area contributed by atoms with Gasteiger partial charge < -0.3 is 4.42 Å². The Kier molecular flexibility index (Phi) is 3.51. The number of thiophene rings is 1. The number of hydrogen-bond acceptors (Lipinski definition) is 3. The molecular weight excluding hydrogens is 220 g/mol. The summed E-state index contributed by atoms with van der Waals surface area (Å²) in [6.07, 6.45) is 0. The zero-order valence-corrected chi connectivity index (χ0v) is 9.31. The van der Waals surface area contributed by atoms with Gasteiger partial charge >= 0.3 is 5.63 Å². The molecule has 0 aliphatic rings. The van der Waals surface area contributed by atoms with Crippen LogP contribution in [-0.4, -0.2) is 0 Å². The van der Waals surface area contributed by atoms with E-state index in [4.69, 9.17) is 4.42 Å². The average Bonchev–Trinajstić information content (AvgIpc) is 2.87. The van der Waals surface area contributed by atoms with Crippen molar-refractivity contribution < 1.29 is 4.42 Å². The van der Waals surface area contributed by atoms with E-state index < -0.39 is 0 Å². The number of rotatable bonds is 0. The van der Waals surface area contributed by atoms with Crippen LogP contribution >= 0.6 is 11.3 Å². The molecule has 0 amide bonds. The molecule has 0 N–H and O–H groups in total. The summed E-state index contributed by atoms with van der Waals surface area (Å²) in [5.74, 6) is 0. The predicted octanol–water partition coefficient (Wildman–Crippen LogP) is 3.54. The molecule has 16 heavy (non-hydrogen) atoms. The van der Waals surface area contributed by atoms with Crippen molar-refractivity contribution in [1.82, 2.24) is 0 Å².